The Hall–Kier alpha value is -3.41. The number of nitrogens with zero attached hydrogens (tertiary/aromatic N) is 3. The first kappa shape index (κ1) is 15.8. The molecule has 2 N–H and O–H groups in total. The van der Waals surface area contributed by atoms with Gasteiger partial charge < -0.3 is 10.3 Å². The predicted molar refractivity (Wildman–Crippen MR) is 106 cm³/mol. The van der Waals surface area contributed by atoms with E-state index in [1.54, 1.807) is 0 Å². The largest absolute Gasteiger partial charge is 0.350 e. The summed E-state index contributed by atoms with van der Waals surface area (Å²) in [6.45, 7) is 0.684. The molecule has 27 heavy (non-hydrogen) atoms. The summed E-state index contributed by atoms with van der Waals surface area (Å²) in [5.74, 6) is 0.597. The number of nitrogens with one attached hydrogen (secondary N) is 2. The van der Waals surface area contributed by atoms with Crippen LogP contribution in [-0.2, 0) is 6.54 Å². The molecule has 0 spiro atoms. The molecule has 0 atom stereocenters. The number of aromatic nitrogens is 4. The number of benzene rings is 2. The lowest BCUT2D eigenvalue weighted by Gasteiger charge is -2.07. The first-order valence-corrected chi connectivity index (χ1v) is 9.12. The van der Waals surface area contributed by atoms with Crippen molar-refractivity contribution in [2.75, 3.05) is 5.32 Å². The summed E-state index contributed by atoms with van der Waals surface area (Å²) in [5.41, 5.74) is 4.91. The zero-order chi connectivity index (χ0) is 18.2. The maximum atomic E-state index is 12.2. The smallest absolute Gasteiger partial charge is 0.326 e. The van der Waals surface area contributed by atoms with Crippen molar-refractivity contribution in [3.05, 3.63) is 77.0 Å². The lowest BCUT2D eigenvalue weighted by molar-refractivity contribution is 0.733. The van der Waals surface area contributed by atoms with Gasteiger partial charge in [-0.15, -0.1) is 0 Å². The Morgan fingerprint density at radius 2 is 1.81 bits per heavy atom. The fraction of sp³-hybridized carbons (Fsp3) is 0.190. The first-order valence-electron chi connectivity index (χ1n) is 9.12. The summed E-state index contributed by atoms with van der Waals surface area (Å²) >= 11 is 0. The lowest BCUT2D eigenvalue weighted by Crippen LogP contribution is -2.14. The highest BCUT2D eigenvalue weighted by molar-refractivity contribution is 5.82. The van der Waals surface area contributed by atoms with Crippen molar-refractivity contribution < 1.29 is 0 Å². The van der Waals surface area contributed by atoms with Gasteiger partial charge in [0, 0.05) is 30.5 Å². The molecule has 5 rings (SSSR count). The van der Waals surface area contributed by atoms with Crippen LogP contribution in [0.4, 0.5) is 5.95 Å². The molecule has 0 aliphatic heterocycles. The SMILES string of the molecule is O=c1[nH]c2ccc(-c3cnc(NCc4ccccc4)nc3)cc2n1C1CC1. The van der Waals surface area contributed by atoms with Gasteiger partial charge in [0.15, 0.2) is 0 Å². The van der Waals surface area contributed by atoms with Gasteiger partial charge in [-0.2, -0.15) is 0 Å². The molecule has 1 aliphatic carbocycles. The minimum absolute atomic E-state index is 0.0265. The highest BCUT2D eigenvalue weighted by atomic mass is 16.1. The molecular weight excluding hydrogens is 338 g/mol. The van der Waals surface area contributed by atoms with E-state index in [-0.39, 0.29) is 5.69 Å². The maximum absolute atomic E-state index is 12.2. The Kier molecular flexibility index (Phi) is 3.74. The molecule has 0 radical (unpaired) electrons. The summed E-state index contributed by atoms with van der Waals surface area (Å²) in [6, 6.07) is 16.5. The van der Waals surface area contributed by atoms with Gasteiger partial charge in [0.25, 0.3) is 0 Å². The highest BCUT2D eigenvalue weighted by Gasteiger charge is 2.27. The van der Waals surface area contributed by atoms with Gasteiger partial charge in [-0.3, -0.25) is 4.57 Å². The molecule has 2 aromatic heterocycles. The summed E-state index contributed by atoms with van der Waals surface area (Å²) < 4.78 is 1.87. The van der Waals surface area contributed by atoms with E-state index in [0.717, 1.165) is 35.0 Å². The number of hydrogen-bond acceptors (Lipinski definition) is 4. The zero-order valence-electron chi connectivity index (χ0n) is 14.7. The number of fused-ring (bicyclic) bond motifs is 1. The van der Waals surface area contributed by atoms with Crippen LogP contribution >= 0.6 is 0 Å². The summed E-state index contributed by atoms with van der Waals surface area (Å²) in [4.78, 5) is 24.0. The molecule has 0 unspecified atom stereocenters. The van der Waals surface area contributed by atoms with E-state index in [1.165, 1.54) is 5.56 Å². The highest BCUT2D eigenvalue weighted by Crippen LogP contribution is 2.36. The van der Waals surface area contributed by atoms with Crippen LogP contribution in [0, 0.1) is 0 Å². The van der Waals surface area contributed by atoms with Gasteiger partial charge >= 0.3 is 5.69 Å². The lowest BCUT2D eigenvalue weighted by atomic mass is 10.1. The van der Waals surface area contributed by atoms with Crippen molar-refractivity contribution in [1.82, 2.24) is 19.5 Å². The molecule has 6 heteroatoms. The molecule has 6 nitrogen and oxygen atoms in total. The third kappa shape index (κ3) is 3.10. The van der Waals surface area contributed by atoms with Gasteiger partial charge in [-0.05, 0) is 36.1 Å². The van der Waals surface area contributed by atoms with Crippen LogP contribution < -0.4 is 11.0 Å². The number of imidazole rings is 1. The Balaban J connectivity index is 1.39. The Bertz CT molecular complexity index is 1140. The van der Waals surface area contributed by atoms with Crippen LogP contribution in [0.3, 0.4) is 0 Å². The van der Waals surface area contributed by atoms with E-state index in [4.69, 9.17) is 0 Å². The molecule has 1 aliphatic rings. The van der Waals surface area contributed by atoms with Crippen molar-refractivity contribution >= 4 is 17.0 Å². The molecule has 1 fully saturated rings. The maximum Gasteiger partial charge on any atom is 0.326 e. The second-order valence-corrected chi connectivity index (χ2v) is 6.90. The van der Waals surface area contributed by atoms with E-state index in [9.17, 15) is 4.79 Å². The molecule has 134 valence electrons. The normalized spacial score (nSPS) is 13.8. The monoisotopic (exact) mass is 357 g/mol. The number of anilines is 1. The van der Waals surface area contributed by atoms with Gasteiger partial charge in [-0.25, -0.2) is 14.8 Å². The zero-order valence-corrected chi connectivity index (χ0v) is 14.7. The van der Waals surface area contributed by atoms with Crippen molar-refractivity contribution in [2.24, 2.45) is 0 Å². The van der Waals surface area contributed by atoms with E-state index in [0.29, 0.717) is 18.5 Å². The van der Waals surface area contributed by atoms with Gasteiger partial charge in [-0.1, -0.05) is 36.4 Å². The van der Waals surface area contributed by atoms with Crippen molar-refractivity contribution in [2.45, 2.75) is 25.4 Å². The van der Waals surface area contributed by atoms with E-state index in [2.05, 4.69) is 32.4 Å². The molecule has 4 aromatic rings. The third-order valence-electron chi connectivity index (χ3n) is 4.91. The minimum atomic E-state index is -0.0265. The Morgan fingerprint density at radius 3 is 2.56 bits per heavy atom. The fourth-order valence-corrected chi connectivity index (χ4v) is 3.34. The topological polar surface area (TPSA) is 75.6 Å². The van der Waals surface area contributed by atoms with Crippen LogP contribution in [0.25, 0.3) is 22.2 Å². The second-order valence-electron chi connectivity index (χ2n) is 6.90. The van der Waals surface area contributed by atoms with Crippen LogP contribution in [0.5, 0.6) is 0 Å². The Morgan fingerprint density at radius 1 is 1.04 bits per heavy atom. The molecule has 0 bridgehead atoms. The third-order valence-corrected chi connectivity index (χ3v) is 4.91. The Labute approximate surface area is 155 Å². The molecule has 1 saturated carbocycles. The summed E-state index contributed by atoms with van der Waals surface area (Å²) in [7, 11) is 0. The number of aromatic amines is 1. The second kappa shape index (κ2) is 6.39. The van der Waals surface area contributed by atoms with Crippen LogP contribution in [0.15, 0.2) is 65.7 Å². The number of rotatable bonds is 5. The summed E-state index contributed by atoms with van der Waals surface area (Å²) in [5, 5.41) is 3.23. The van der Waals surface area contributed by atoms with E-state index >= 15 is 0 Å². The predicted octanol–water partition coefficient (Wildman–Crippen LogP) is 3.73. The van der Waals surface area contributed by atoms with E-state index < -0.39 is 0 Å². The van der Waals surface area contributed by atoms with Gasteiger partial charge in [0.1, 0.15) is 0 Å². The summed E-state index contributed by atoms with van der Waals surface area (Å²) in [6.07, 6.45) is 5.77. The van der Waals surface area contributed by atoms with Crippen molar-refractivity contribution in [1.29, 1.82) is 0 Å². The molecule has 2 aromatic carbocycles. The minimum Gasteiger partial charge on any atom is -0.350 e. The van der Waals surface area contributed by atoms with Gasteiger partial charge in [0.05, 0.1) is 11.0 Å². The first-order chi connectivity index (χ1) is 13.3. The fourth-order valence-electron chi connectivity index (χ4n) is 3.34. The number of hydrogen-bond donors (Lipinski definition) is 2. The van der Waals surface area contributed by atoms with Crippen molar-refractivity contribution in [3.8, 4) is 11.1 Å². The number of H-pyrrole nitrogens is 1. The molecule has 0 amide bonds. The average Bonchev–Trinajstić information content (AvgIpc) is 3.49. The molecular formula is C21H19N5O. The quantitative estimate of drug-likeness (QED) is 0.571. The average molecular weight is 357 g/mol. The van der Waals surface area contributed by atoms with Gasteiger partial charge in [0.2, 0.25) is 5.95 Å². The van der Waals surface area contributed by atoms with Crippen LogP contribution in [0.1, 0.15) is 24.4 Å². The molecule has 0 saturated heterocycles. The van der Waals surface area contributed by atoms with Crippen LogP contribution in [-0.4, -0.2) is 19.5 Å². The van der Waals surface area contributed by atoms with Crippen molar-refractivity contribution in [3.63, 3.8) is 0 Å². The molecule has 2 heterocycles. The standard InChI is InChI=1S/C21H19N5O/c27-21-25-18-9-6-15(10-19(18)26(21)17-7-8-17)16-12-23-20(24-13-16)22-11-14-4-2-1-3-5-14/h1-6,9-10,12-13,17H,7-8,11H2,(H,25,27)(H,22,23,24). The van der Waals surface area contributed by atoms with Crippen LogP contribution in [0.2, 0.25) is 0 Å². The van der Waals surface area contributed by atoms with E-state index in [1.807, 2.05) is 53.4 Å².